The van der Waals surface area contributed by atoms with Gasteiger partial charge >= 0.3 is 5.97 Å². The summed E-state index contributed by atoms with van der Waals surface area (Å²) >= 11 is 0. The molecule has 0 radical (unpaired) electrons. The number of para-hydroxylation sites is 1. The highest BCUT2D eigenvalue weighted by atomic mass is 16.5. The van der Waals surface area contributed by atoms with Gasteiger partial charge in [-0.25, -0.2) is 4.79 Å². The Kier molecular flexibility index (Phi) is 4.55. The van der Waals surface area contributed by atoms with Gasteiger partial charge in [-0.05, 0) is 37.8 Å². The first kappa shape index (κ1) is 13.6. The molecular weight excluding hydrogens is 214 g/mol. The first-order valence-electron chi connectivity index (χ1n) is 6.00. The largest absolute Gasteiger partial charge is 0.459 e. The fourth-order valence-corrected chi connectivity index (χ4v) is 1.69. The maximum Gasteiger partial charge on any atom is 0.340 e. The second-order valence-corrected chi connectivity index (χ2v) is 4.93. The Bertz CT molecular complexity index is 397. The number of ether oxygens (including phenoxy) is 1. The molecule has 94 valence electrons. The number of benzene rings is 1. The molecule has 0 aliphatic heterocycles. The van der Waals surface area contributed by atoms with E-state index in [1.807, 2.05) is 26.0 Å². The van der Waals surface area contributed by atoms with E-state index < -0.39 is 0 Å². The van der Waals surface area contributed by atoms with Crippen molar-refractivity contribution in [2.45, 2.75) is 40.2 Å². The van der Waals surface area contributed by atoms with E-state index in [1.165, 1.54) is 0 Å². The summed E-state index contributed by atoms with van der Waals surface area (Å²) in [6.07, 6.45) is 0.741. The Morgan fingerprint density at radius 2 is 1.94 bits per heavy atom. The number of carbonyl (C=O) groups is 1. The molecule has 1 aromatic carbocycles. The van der Waals surface area contributed by atoms with Gasteiger partial charge in [0, 0.05) is 5.69 Å². The number of nitrogens with two attached hydrogens (primary N) is 1. The second kappa shape index (κ2) is 5.71. The molecule has 0 atom stereocenters. The molecule has 0 unspecified atom stereocenters. The Balaban J connectivity index is 2.97. The monoisotopic (exact) mass is 235 g/mol. The third-order valence-electron chi connectivity index (χ3n) is 2.39. The van der Waals surface area contributed by atoms with Crippen LogP contribution < -0.4 is 5.73 Å². The van der Waals surface area contributed by atoms with Crippen LogP contribution in [0.15, 0.2) is 18.2 Å². The summed E-state index contributed by atoms with van der Waals surface area (Å²) in [6.45, 7) is 7.90. The molecule has 0 aromatic heterocycles. The minimum absolute atomic E-state index is 0.129. The zero-order valence-corrected chi connectivity index (χ0v) is 11.0. The summed E-state index contributed by atoms with van der Waals surface area (Å²) in [4.78, 5) is 11.8. The number of esters is 1. The Hall–Kier alpha value is -1.51. The van der Waals surface area contributed by atoms with E-state index >= 15 is 0 Å². The molecule has 0 amide bonds. The van der Waals surface area contributed by atoms with Gasteiger partial charge in [0.1, 0.15) is 0 Å². The van der Waals surface area contributed by atoms with Gasteiger partial charge in [0.05, 0.1) is 11.7 Å². The van der Waals surface area contributed by atoms with Gasteiger partial charge in [-0.15, -0.1) is 0 Å². The highest BCUT2D eigenvalue weighted by Crippen LogP contribution is 2.21. The van der Waals surface area contributed by atoms with Crippen molar-refractivity contribution in [3.05, 3.63) is 29.3 Å². The second-order valence-electron chi connectivity index (χ2n) is 4.93. The van der Waals surface area contributed by atoms with E-state index in [0.717, 1.165) is 12.0 Å². The van der Waals surface area contributed by atoms with E-state index in [4.69, 9.17) is 10.5 Å². The van der Waals surface area contributed by atoms with Gasteiger partial charge in [0.2, 0.25) is 0 Å². The van der Waals surface area contributed by atoms with Crippen LogP contribution in [0.2, 0.25) is 0 Å². The number of hydrogen-bond acceptors (Lipinski definition) is 3. The lowest BCUT2D eigenvalue weighted by molar-refractivity contribution is 0.0379. The van der Waals surface area contributed by atoms with Crippen LogP contribution in [0.4, 0.5) is 5.69 Å². The van der Waals surface area contributed by atoms with Crippen molar-refractivity contribution in [1.82, 2.24) is 0 Å². The molecule has 17 heavy (non-hydrogen) atoms. The van der Waals surface area contributed by atoms with E-state index in [2.05, 4.69) is 13.8 Å². The quantitative estimate of drug-likeness (QED) is 0.644. The van der Waals surface area contributed by atoms with E-state index in [1.54, 1.807) is 6.07 Å². The van der Waals surface area contributed by atoms with Crippen LogP contribution in [0.25, 0.3) is 0 Å². The molecule has 0 aliphatic rings. The molecule has 0 saturated carbocycles. The van der Waals surface area contributed by atoms with Gasteiger partial charge in [-0.1, -0.05) is 26.0 Å². The fraction of sp³-hybridized carbons (Fsp3) is 0.500. The number of nitrogen functional groups attached to an aromatic ring is 1. The molecule has 0 aliphatic carbocycles. The third kappa shape index (κ3) is 3.77. The number of anilines is 1. The zero-order chi connectivity index (χ0) is 13.0. The minimum Gasteiger partial charge on any atom is -0.459 e. The summed E-state index contributed by atoms with van der Waals surface area (Å²) in [7, 11) is 0. The molecule has 0 spiro atoms. The number of carbonyl (C=O) groups excluding carboxylic acids is 1. The fourth-order valence-electron chi connectivity index (χ4n) is 1.69. The van der Waals surface area contributed by atoms with Crippen molar-refractivity contribution in [3.63, 3.8) is 0 Å². The maximum absolute atomic E-state index is 11.8. The average Bonchev–Trinajstić information content (AvgIpc) is 2.19. The standard InChI is InChI=1S/C14H21NO2/c1-9(2)8-11-6-5-7-12(13(11)15)14(16)17-10(3)4/h5-7,9-10H,8,15H2,1-4H3. The molecule has 1 aromatic rings. The van der Waals surface area contributed by atoms with Crippen molar-refractivity contribution in [1.29, 1.82) is 0 Å². The molecule has 2 N–H and O–H groups in total. The maximum atomic E-state index is 11.8. The summed E-state index contributed by atoms with van der Waals surface area (Å²) < 4.78 is 5.16. The minimum atomic E-state index is -0.344. The van der Waals surface area contributed by atoms with Gasteiger partial charge in [0.25, 0.3) is 0 Å². The molecule has 0 bridgehead atoms. The van der Waals surface area contributed by atoms with Crippen molar-refractivity contribution in [3.8, 4) is 0 Å². The van der Waals surface area contributed by atoms with Crippen LogP contribution in [0.3, 0.4) is 0 Å². The van der Waals surface area contributed by atoms with Crippen molar-refractivity contribution >= 4 is 11.7 Å². The average molecular weight is 235 g/mol. The lowest BCUT2D eigenvalue weighted by Crippen LogP contribution is -2.14. The van der Waals surface area contributed by atoms with Gasteiger partial charge < -0.3 is 10.5 Å². The molecule has 3 nitrogen and oxygen atoms in total. The SMILES string of the molecule is CC(C)Cc1cccc(C(=O)OC(C)C)c1N. The van der Waals surface area contributed by atoms with Crippen molar-refractivity contribution in [2.75, 3.05) is 5.73 Å². The van der Waals surface area contributed by atoms with Crippen LogP contribution in [0.5, 0.6) is 0 Å². The summed E-state index contributed by atoms with van der Waals surface area (Å²) in [6, 6.07) is 5.52. The molecule has 1 rings (SSSR count). The third-order valence-corrected chi connectivity index (χ3v) is 2.39. The highest BCUT2D eigenvalue weighted by Gasteiger charge is 2.15. The number of hydrogen-bond donors (Lipinski definition) is 1. The molecule has 0 heterocycles. The summed E-state index contributed by atoms with van der Waals surface area (Å²) in [5, 5.41) is 0. The normalized spacial score (nSPS) is 10.9. The number of rotatable bonds is 4. The summed E-state index contributed by atoms with van der Waals surface area (Å²) in [5.41, 5.74) is 8.04. The highest BCUT2D eigenvalue weighted by molar-refractivity contribution is 5.95. The lowest BCUT2D eigenvalue weighted by atomic mass is 9.99. The van der Waals surface area contributed by atoms with Crippen molar-refractivity contribution in [2.24, 2.45) is 5.92 Å². The molecule has 0 saturated heterocycles. The molecular formula is C14H21NO2. The Morgan fingerprint density at radius 1 is 1.29 bits per heavy atom. The zero-order valence-electron chi connectivity index (χ0n) is 11.0. The van der Waals surface area contributed by atoms with Gasteiger partial charge in [-0.2, -0.15) is 0 Å². The van der Waals surface area contributed by atoms with Crippen LogP contribution in [-0.2, 0) is 11.2 Å². The first-order chi connectivity index (χ1) is 7.91. The smallest absolute Gasteiger partial charge is 0.340 e. The Labute approximate surface area is 103 Å². The molecule has 0 fully saturated rings. The predicted octanol–water partition coefficient (Wildman–Crippen LogP) is 3.03. The van der Waals surface area contributed by atoms with Gasteiger partial charge in [0.15, 0.2) is 0 Å². The van der Waals surface area contributed by atoms with E-state index in [9.17, 15) is 4.79 Å². The summed E-state index contributed by atoms with van der Waals surface area (Å²) in [5.74, 6) is 0.164. The Morgan fingerprint density at radius 3 is 2.47 bits per heavy atom. The van der Waals surface area contributed by atoms with Crippen LogP contribution in [0.1, 0.15) is 43.6 Å². The lowest BCUT2D eigenvalue weighted by Gasteiger charge is -2.13. The van der Waals surface area contributed by atoms with Crippen molar-refractivity contribution < 1.29 is 9.53 Å². The topological polar surface area (TPSA) is 52.3 Å². The van der Waals surface area contributed by atoms with Gasteiger partial charge in [-0.3, -0.25) is 0 Å². The molecule has 3 heteroatoms. The van der Waals surface area contributed by atoms with Crippen LogP contribution in [-0.4, -0.2) is 12.1 Å². The predicted molar refractivity (Wildman–Crippen MR) is 69.9 cm³/mol. The van der Waals surface area contributed by atoms with Crippen LogP contribution in [0, 0.1) is 5.92 Å². The van der Waals surface area contributed by atoms with E-state index in [0.29, 0.717) is 17.2 Å². The first-order valence-corrected chi connectivity index (χ1v) is 6.00. The van der Waals surface area contributed by atoms with Crippen LogP contribution >= 0.6 is 0 Å². The van der Waals surface area contributed by atoms with E-state index in [-0.39, 0.29) is 12.1 Å².